The summed E-state index contributed by atoms with van der Waals surface area (Å²) in [6.45, 7) is 2.23. The molecule has 6 heteroatoms. The van der Waals surface area contributed by atoms with E-state index in [9.17, 15) is 0 Å². The van der Waals surface area contributed by atoms with Crippen LogP contribution in [0.5, 0.6) is 0 Å². The lowest BCUT2D eigenvalue weighted by Gasteiger charge is -2.21. The summed E-state index contributed by atoms with van der Waals surface area (Å²) in [7, 11) is 0. The van der Waals surface area contributed by atoms with Crippen molar-refractivity contribution in [2.45, 2.75) is 19.0 Å². The molecule has 1 aliphatic heterocycles. The number of imidazole rings is 1. The van der Waals surface area contributed by atoms with Crippen molar-refractivity contribution in [3.05, 3.63) is 90.8 Å². The van der Waals surface area contributed by atoms with Crippen molar-refractivity contribution in [1.29, 1.82) is 0 Å². The Morgan fingerprint density at radius 3 is 2.72 bits per heavy atom. The van der Waals surface area contributed by atoms with Gasteiger partial charge in [-0.1, -0.05) is 18.2 Å². The average molecular weight is 385 g/mol. The van der Waals surface area contributed by atoms with Gasteiger partial charge in [-0.15, -0.1) is 0 Å². The lowest BCUT2D eigenvalue weighted by Crippen LogP contribution is -2.20. The highest BCUT2D eigenvalue weighted by atomic mass is 16.5. The smallest absolute Gasteiger partial charge is 0.140 e. The molecule has 1 fully saturated rings. The van der Waals surface area contributed by atoms with E-state index in [1.807, 2.05) is 35.5 Å². The minimum atomic E-state index is 0.274. The minimum Gasteiger partial charge on any atom is -0.379 e. The highest BCUT2D eigenvalue weighted by Crippen LogP contribution is 2.32. The van der Waals surface area contributed by atoms with Gasteiger partial charge >= 0.3 is 0 Å². The fourth-order valence-electron chi connectivity index (χ4n) is 4.11. The predicted octanol–water partition coefficient (Wildman–Crippen LogP) is 3.62. The summed E-state index contributed by atoms with van der Waals surface area (Å²) >= 11 is 0. The van der Waals surface area contributed by atoms with Crippen LogP contribution in [0, 0.1) is 5.92 Å². The molecule has 0 amide bonds. The molecular formula is C23H23N5O. The molecule has 2 atom stereocenters. The number of rotatable bonds is 6. The first-order valence-corrected chi connectivity index (χ1v) is 9.93. The zero-order valence-electron chi connectivity index (χ0n) is 16.1. The third-order valence-electron chi connectivity index (χ3n) is 5.53. The third kappa shape index (κ3) is 3.84. The quantitative estimate of drug-likeness (QED) is 0.509. The van der Waals surface area contributed by atoms with E-state index in [1.165, 1.54) is 11.1 Å². The SMILES string of the molecule is c1cc(Cn2cccn2)cc(-c2nccn2[C@@H]2COC[C@@H]2Cc2ccncc2)c1. The Bertz CT molecular complexity index is 1060. The normalized spacial score (nSPS) is 18.9. The Morgan fingerprint density at radius 1 is 0.931 bits per heavy atom. The molecule has 0 radical (unpaired) electrons. The van der Waals surface area contributed by atoms with Crippen molar-refractivity contribution in [3.63, 3.8) is 0 Å². The molecule has 0 bridgehead atoms. The molecule has 6 nitrogen and oxygen atoms in total. The standard InChI is InChI=1S/C23H23N5O/c1-3-19(15-27-11-2-7-26-27)14-20(4-1)23-25-10-12-28(23)22-17-29-16-21(22)13-18-5-8-24-9-6-18/h1-12,14,21-22H,13,15-17H2/t21-,22+/m0/s1. The molecule has 1 aliphatic rings. The summed E-state index contributed by atoms with van der Waals surface area (Å²) in [6, 6.07) is 14.9. The van der Waals surface area contributed by atoms with Gasteiger partial charge in [0, 0.05) is 48.7 Å². The van der Waals surface area contributed by atoms with E-state index in [0.717, 1.165) is 31.0 Å². The van der Waals surface area contributed by atoms with Gasteiger partial charge in [0.05, 0.1) is 25.8 Å². The van der Waals surface area contributed by atoms with E-state index in [-0.39, 0.29) is 6.04 Å². The van der Waals surface area contributed by atoms with Crippen LogP contribution in [0.1, 0.15) is 17.2 Å². The van der Waals surface area contributed by atoms with Gasteiger partial charge in [-0.25, -0.2) is 4.98 Å². The second kappa shape index (κ2) is 8.01. The van der Waals surface area contributed by atoms with E-state index in [1.54, 1.807) is 6.20 Å². The van der Waals surface area contributed by atoms with Gasteiger partial charge in [-0.2, -0.15) is 5.10 Å². The lowest BCUT2D eigenvalue weighted by molar-refractivity contribution is 0.181. The van der Waals surface area contributed by atoms with Crippen molar-refractivity contribution in [3.8, 4) is 11.4 Å². The lowest BCUT2D eigenvalue weighted by atomic mass is 9.95. The number of nitrogens with zero attached hydrogens (tertiary/aromatic N) is 5. The van der Waals surface area contributed by atoms with E-state index < -0.39 is 0 Å². The van der Waals surface area contributed by atoms with Crippen LogP contribution in [0.4, 0.5) is 0 Å². The van der Waals surface area contributed by atoms with Gasteiger partial charge in [0.2, 0.25) is 0 Å². The number of benzene rings is 1. The molecule has 4 heterocycles. The molecule has 3 aromatic heterocycles. The number of pyridine rings is 1. The molecule has 0 spiro atoms. The zero-order valence-corrected chi connectivity index (χ0v) is 16.1. The Kier molecular flexibility index (Phi) is 4.92. The number of hydrogen-bond donors (Lipinski definition) is 0. The second-order valence-corrected chi connectivity index (χ2v) is 7.49. The summed E-state index contributed by atoms with van der Waals surface area (Å²) < 4.78 is 10.1. The van der Waals surface area contributed by atoms with Crippen molar-refractivity contribution < 1.29 is 4.74 Å². The highest BCUT2D eigenvalue weighted by Gasteiger charge is 2.31. The number of hydrogen-bond acceptors (Lipinski definition) is 4. The predicted molar refractivity (Wildman–Crippen MR) is 110 cm³/mol. The molecule has 146 valence electrons. The number of aromatic nitrogens is 5. The fraction of sp³-hybridized carbons (Fsp3) is 0.261. The Labute approximate surface area is 169 Å². The summed E-state index contributed by atoms with van der Waals surface area (Å²) in [5.41, 5.74) is 3.62. The molecule has 5 rings (SSSR count). The van der Waals surface area contributed by atoms with Gasteiger partial charge in [-0.3, -0.25) is 9.67 Å². The van der Waals surface area contributed by atoms with Crippen molar-refractivity contribution in [2.24, 2.45) is 5.92 Å². The summed E-state index contributed by atoms with van der Waals surface area (Å²) in [4.78, 5) is 8.81. The van der Waals surface area contributed by atoms with Crippen LogP contribution < -0.4 is 0 Å². The zero-order chi connectivity index (χ0) is 19.5. The van der Waals surface area contributed by atoms with Gasteiger partial charge < -0.3 is 9.30 Å². The summed E-state index contributed by atoms with van der Waals surface area (Å²) in [6.07, 6.45) is 12.4. The van der Waals surface area contributed by atoms with E-state index in [4.69, 9.17) is 4.74 Å². The van der Waals surface area contributed by atoms with Crippen LogP contribution >= 0.6 is 0 Å². The molecule has 4 aromatic rings. The summed E-state index contributed by atoms with van der Waals surface area (Å²) in [5, 5.41) is 4.31. The van der Waals surface area contributed by atoms with E-state index in [2.05, 4.69) is 62.2 Å². The average Bonchev–Trinajstić information content (AvgIpc) is 3.51. The van der Waals surface area contributed by atoms with Crippen LogP contribution in [0.15, 0.2) is 79.6 Å². The van der Waals surface area contributed by atoms with Crippen LogP contribution in [0.2, 0.25) is 0 Å². The van der Waals surface area contributed by atoms with Gasteiger partial charge in [0.1, 0.15) is 5.82 Å². The first kappa shape index (κ1) is 17.8. The van der Waals surface area contributed by atoms with Gasteiger partial charge in [0.25, 0.3) is 0 Å². The van der Waals surface area contributed by atoms with Crippen molar-refractivity contribution in [2.75, 3.05) is 13.2 Å². The maximum atomic E-state index is 5.87. The van der Waals surface area contributed by atoms with E-state index in [0.29, 0.717) is 12.5 Å². The van der Waals surface area contributed by atoms with E-state index >= 15 is 0 Å². The van der Waals surface area contributed by atoms with Crippen LogP contribution in [0.25, 0.3) is 11.4 Å². The van der Waals surface area contributed by atoms with Crippen LogP contribution in [-0.2, 0) is 17.7 Å². The molecule has 29 heavy (non-hydrogen) atoms. The Morgan fingerprint density at radius 2 is 1.86 bits per heavy atom. The molecule has 0 aliphatic carbocycles. The maximum Gasteiger partial charge on any atom is 0.140 e. The Hall–Kier alpha value is -3.25. The topological polar surface area (TPSA) is 57.8 Å². The largest absolute Gasteiger partial charge is 0.379 e. The molecular weight excluding hydrogens is 362 g/mol. The van der Waals surface area contributed by atoms with Crippen molar-refractivity contribution in [1.82, 2.24) is 24.3 Å². The molecule has 1 aromatic carbocycles. The van der Waals surface area contributed by atoms with Gasteiger partial charge in [0.15, 0.2) is 0 Å². The maximum absolute atomic E-state index is 5.87. The van der Waals surface area contributed by atoms with Crippen molar-refractivity contribution >= 4 is 0 Å². The summed E-state index contributed by atoms with van der Waals surface area (Å²) in [5.74, 6) is 1.40. The second-order valence-electron chi connectivity index (χ2n) is 7.49. The fourth-order valence-corrected chi connectivity index (χ4v) is 4.11. The third-order valence-corrected chi connectivity index (χ3v) is 5.53. The molecule has 0 N–H and O–H groups in total. The monoisotopic (exact) mass is 385 g/mol. The van der Waals surface area contributed by atoms with Crippen LogP contribution in [0.3, 0.4) is 0 Å². The number of ether oxygens (including phenoxy) is 1. The Balaban J connectivity index is 1.40. The first-order valence-electron chi connectivity index (χ1n) is 9.93. The minimum absolute atomic E-state index is 0.274. The van der Waals surface area contributed by atoms with Gasteiger partial charge in [-0.05, 0) is 41.8 Å². The molecule has 0 saturated carbocycles. The first-order chi connectivity index (χ1) is 14.4. The van der Waals surface area contributed by atoms with Crippen LogP contribution in [-0.4, -0.2) is 37.5 Å². The highest BCUT2D eigenvalue weighted by molar-refractivity contribution is 5.57. The molecule has 1 saturated heterocycles. The molecule has 0 unspecified atom stereocenters.